The van der Waals surface area contributed by atoms with Gasteiger partial charge in [0.25, 0.3) is 0 Å². The first-order chi connectivity index (χ1) is 7.56. The molecule has 88 valence electrons. The van der Waals surface area contributed by atoms with Gasteiger partial charge in [0, 0.05) is 15.6 Å². The molecule has 1 heterocycles. The van der Waals surface area contributed by atoms with Crippen molar-refractivity contribution >= 4 is 15.9 Å². The Morgan fingerprint density at radius 1 is 1.31 bits per heavy atom. The van der Waals surface area contributed by atoms with Gasteiger partial charge in [0.05, 0.1) is 19.3 Å². The number of ether oxygens (including phenoxy) is 2. The molecule has 0 bridgehead atoms. The smallest absolute Gasteiger partial charge is 0.125 e. The van der Waals surface area contributed by atoms with Gasteiger partial charge in [0.15, 0.2) is 0 Å². The average molecular weight is 287 g/mol. The van der Waals surface area contributed by atoms with E-state index in [-0.39, 0.29) is 12.2 Å². The number of aliphatic hydroxyl groups excluding tert-OH is 1. The van der Waals surface area contributed by atoms with Crippen LogP contribution in [0.5, 0.6) is 5.75 Å². The van der Waals surface area contributed by atoms with Gasteiger partial charge in [-0.2, -0.15) is 0 Å². The number of fused-ring (bicyclic) bond motifs is 1. The zero-order valence-corrected chi connectivity index (χ0v) is 11.1. The lowest BCUT2D eigenvalue weighted by molar-refractivity contribution is -0.0820. The summed E-state index contributed by atoms with van der Waals surface area (Å²) >= 11 is 3.47. The van der Waals surface area contributed by atoms with E-state index in [4.69, 9.17) is 9.47 Å². The van der Waals surface area contributed by atoms with E-state index in [9.17, 15) is 5.11 Å². The van der Waals surface area contributed by atoms with E-state index < -0.39 is 6.10 Å². The first-order valence-corrected chi connectivity index (χ1v) is 6.05. The van der Waals surface area contributed by atoms with Crippen molar-refractivity contribution in [1.29, 1.82) is 0 Å². The molecular formula is C12H15BrO3. The summed E-state index contributed by atoms with van der Waals surface area (Å²) in [6.45, 7) is 3.84. The maximum atomic E-state index is 10.1. The molecule has 0 saturated heterocycles. The van der Waals surface area contributed by atoms with Crippen LogP contribution in [0.3, 0.4) is 0 Å². The summed E-state index contributed by atoms with van der Waals surface area (Å²) in [7, 11) is 1.63. The molecule has 0 amide bonds. The lowest BCUT2D eigenvalue weighted by Crippen LogP contribution is -2.28. The summed E-state index contributed by atoms with van der Waals surface area (Å²) in [5, 5.41) is 10.1. The van der Waals surface area contributed by atoms with Crippen molar-refractivity contribution in [2.45, 2.75) is 32.2 Å². The van der Waals surface area contributed by atoms with Crippen molar-refractivity contribution in [3.8, 4) is 5.75 Å². The van der Waals surface area contributed by atoms with Crippen molar-refractivity contribution in [3.05, 3.63) is 27.7 Å². The van der Waals surface area contributed by atoms with E-state index >= 15 is 0 Å². The molecule has 0 spiro atoms. The minimum atomic E-state index is -0.615. The largest absolute Gasteiger partial charge is 0.496 e. The number of methoxy groups -OCH3 is 1. The van der Waals surface area contributed by atoms with Crippen LogP contribution in [0.25, 0.3) is 0 Å². The highest BCUT2D eigenvalue weighted by Gasteiger charge is 2.33. The quantitative estimate of drug-likeness (QED) is 0.863. The second kappa shape index (κ2) is 4.35. The number of hydrogen-bond donors (Lipinski definition) is 1. The molecule has 0 fully saturated rings. The number of halogens is 1. The fourth-order valence-corrected chi connectivity index (χ4v) is 2.77. The maximum absolute atomic E-state index is 10.1. The van der Waals surface area contributed by atoms with Crippen LogP contribution >= 0.6 is 15.9 Å². The molecule has 0 aromatic heterocycles. The van der Waals surface area contributed by atoms with Crippen LogP contribution in [0.1, 0.15) is 37.2 Å². The van der Waals surface area contributed by atoms with Crippen LogP contribution in [-0.4, -0.2) is 18.3 Å². The van der Waals surface area contributed by atoms with Crippen LogP contribution in [0, 0.1) is 0 Å². The van der Waals surface area contributed by atoms with E-state index in [1.807, 2.05) is 26.0 Å². The van der Waals surface area contributed by atoms with Gasteiger partial charge >= 0.3 is 0 Å². The van der Waals surface area contributed by atoms with Gasteiger partial charge in [-0.05, 0) is 26.0 Å². The topological polar surface area (TPSA) is 38.7 Å². The Morgan fingerprint density at radius 2 is 2.00 bits per heavy atom. The van der Waals surface area contributed by atoms with Crippen molar-refractivity contribution in [2.75, 3.05) is 7.11 Å². The second-order valence-electron chi connectivity index (χ2n) is 4.01. The minimum Gasteiger partial charge on any atom is -0.496 e. The van der Waals surface area contributed by atoms with Gasteiger partial charge in [-0.1, -0.05) is 15.9 Å². The zero-order valence-electron chi connectivity index (χ0n) is 9.53. The first kappa shape index (κ1) is 11.9. The van der Waals surface area contributed by atoms with Crippen molar-refractivity contribution in [3.63, 3.8) is 0 Å². The van der Waals surface area contributed by atoms with Crippen LogP contribution in [0.4, 0.5) is 0 Å². The number of aliphatic hydroxyl groups is 1. The molecule has 3 nitrogen and oxygen atoms in total. The van der Waals surface area contributed by atoms with E-state index in [1.165, 1.54) is 0 Å². The van der Waals surface area contributed by atoms with E-state index in [1.54, 1.807) is 7.11 Å². The first-order valence-electron chi connectivity index (χ1n) is 5.26. The molecule has 3 atom stereocenters. The van der Waals surface area contributed by atoms with Gasteiger partial charge in [-0.3, -0.25) is 0 Å². The van der Waals surface area contributed by atoms with E-state index in [0.717, 1.165) is 21.3 Å². The molecule has 0 saturated carbocycles. The van der Waals surface area contributed by atoms with E-state index in [2.05, 4.69) is 15.9 Å². The monoisotopic (exact) mass is 286 g/mol. The molecule has 0 unspecified atom stereocenters. The second-order valence-corrected chi connectivity index (χ2v) is 4.86. The molecule has 2 rings (SSSR count). The maximum Gasteiger partial charge on any atom is 0.125 e. The SMILES string of the molecule is COc1ccc(Br)c2c1[C@H](C)O[C@@H](C)[C@H]2O. The predicted molar refractivity (Wildman–Crippen MR) is 64.6 cm³/mol. The molecule has 0 aliphatic carbocycles. The lowest BCUT2D eigenvalue weighted by Gasteiger charge is -2.34. The average Bonchev–Trinajstić information content (AvgIpc) is 2.25. The summed E-state index contributed by atoms with van der Waals surface area (Å²) in [4.78, 5) is 0. The minimum absolute atomic E-state index is 0.0687. The molecule has 1 aliphatic heterocycles. The molecule has 16 heavy (non-hydrogen) atoms. The van der Waals surface area contributed by atoms with Crippen molar-refractivity contribution in [1.82, 2.24) is 0 Å². The highest BCUT2D eigenvalue weighted by molar-refractivity contribution is 9.10. The summed E-state index contributed by atoms with van der Waals surface area (Å²) in [5.74, 6) is 0.761. The Bertz CT molecular complexity index is 405. The van der Waals surface area contributed by atoms with Crippen LogP contribution in [0.15, 0.2) is 16.6 Å². The Morgan fingerprint density at radius 3 is 2.62 bits per heavy atom. The number of rotatable bonds is 1. The van der Waals surface area contributed by atoms with Gasteiger partial charge < -0.3 is 14.6 Å². The summed E-state index contributed by atoms with van der Waals surface area (Å²) in [6, 6.07) is 3.77. The Balaban J connectivity index is 2.63. The van der Waals surface area contributed by atoms with Crippen LogP contribution in [-0.2, 0) is 4.74 Å². The van der Waals surface area contributed by atoms with Crippen molar-refractivity contribution < 1.29 is 14.6 Å². The van der Waals surface area contributed by atoms with Gasteiger partial charge in [0.1, 0.15) is 11.9 Å². The van der Waals surface area contributed by atoms with Gasteiger partial charge in [-0.15, -0.1) is 0 Å². The Kier molecular flexibility index (Phi) is 3.24. The number of hydrogen-bond acceptors (Lipinski definition) is 3. The molecule has 4 heteroatoms. The fraction of sp³-hybridized carbons (Fsp3) is 0.500. The third-order valence-electron chi connectivity index (χ3n) is 2.98. The molecule has 1 aromatic rings. The summed E-state index contributed by atoms with van der Waals surface area (Å²) in [6.07, 6.45) is -0.887. The fourth-order valence-electron chi connectivity index (χ4n) is 2.19. The van der Waals surface area contributed by atoms with E-state index in [0.29, 0.717) is 0 Å². The van der Waals surface area contributed by atoms with Gasteiger partial charge in [-0.25, -0.2) is 0 Å². The zero-order chi connectivity index (χ0) is 11.9. The third-order valence-corrected chi connectivity index (χ3v) is 3.67. The third kappa shape index (κ3) is 1.75. The summed E-state index contributed by atoms with van der Waals surface area (Å²) in [5.41, 5.74) is 1.81. The molecule has 1 N–H and O–H groups in total. The standard InChI is InChI=1S/C12H15BrO3/c1-6-10-9(15-3)5-4-8(13)11(10)12(14)7(2)16-6/h4-7,12,14H,1-3H3/t6-,7-,12+/m0/s1. The van der Waals surface area contributed by atoms with Crippen LogP contribution in [0.2, 0.25) is 0 Å². The normalized spacial score (nSPS) is 28.7. The highest BCUT2D eigenvalue weighted by atomic mass is 79.9. The Labute approximate surface area is 104 Å². The van der Waals surface area contributed by atoms with Gasteiger partial charge in [0.2, 0.25) is 0 Å². The molecular weight excluding hydrogens is 272 g/mol. The number of benzene rings is 1. The lowest BCUT2D eigenvalue weighted by atomic mass is 9.92. The molecule has 0 radical (unpaired) electrons. The predicted octanol–water partition coefficient (Wildman–Crippen LogP) is 2.97. The van der Waals surface area contributed by atoms with Crippen LogP contribution < -0.4 is 4.74 Å². The highest BCUT2D eigenvalue weighted by Crippen LogP contribution is 2.44. The Hall–Kier alpha value is -0.580. The molecule has 1 aliphatic rings. The summed E-state index contributed by atoms with van der Waals surface area (Å²) < 4.78 is 11.9. The van der Waals surface area contributed by atoms with Crippen molar-refractivity contribution in [2.24, 2.45) is 0 Å². The molecule has 1 aromatic carbocycles.